The van der Waals surface area contributed by atoms with Crippen molar-refractivity contribution < 1.29 is 18.3 Å². The van der Waals surface area contributed by atoms with Gasteiger partial charge < -0.3 is 15.0 Å². The number of urea groups is 1. The zero-order valence-corrected chi connectivity index (χ0v) is 12.0. The summed E-state index contributed by atoms with van der Waals surface area (Å²) in [6, 6.07) is 6.11. The number of carbonyl (C=O) groups excluding carboxylic acids is 1. The number of carbonyl (C=O) groups is 1. The van der Waals surface area contributed by atoms with Crippen molar-refractivity contribution in [3.05, 3.63) is 24.3 Å². The molecule has 0 unspecified atom stereocenters. The van der Waals surface area contributed by atoms with Crippen LogP contribution in [0.4, 0.5) is 19.3 Å². The molecule has 21 heavy (non-hydrogen) atoms. The molecular formula is C15H20F2N2O2. The van der Waals surface area contributed by atoms with Crippen LogP contribution in [0.1, 0.15) is 32.6 Å². The summed E-state index contributed by atoms with van der Waals surface area (Å²) in [5.74, 6) is 0.0769. The Kier molecular flexibility index (Phi) is 5.36. The fraction of sp³-hybridized carbons (Fsp3) is 0.533. The summed E-state index contributed by atoms with van der Waals surface area (Å²) < 4.78 is 28.4. The molecule has 0 radical (unpaired) electrons. The van der Waals surface area contributed by atoms with Crippen molar-refractivity contribution >= 4 is 11.7 Å². The van der Waals surface area contributed by atoms with E-state index in [0.717, 1.165) is 32.2 Å². The third kappa shape index (κ3) is 4.31. The minimum atomic E-state index is -2.84. The van der Waals surface area contributed by atoms with Crippen molar-refractivity contribution in [3.63, 3.8) is 0 Å². The molecule has 0 aliphatic carbocycles. The topological polar surface area (TPSA) is 41.6 Å². The Labute approximate surface area is 123 Å². The first-order chi connectivity index (χ1) is 10.1. The van der Waals surface area contributed by atoms with E-state index >= 15 is 0 Å². The summed E-state index contributed by atoms with van der Waals surface area (Å²) in [5.41, 5.74) is 0.573. The van der Waals surface area contributed by atoms with Gasteiger partial charge in [-0.3, -0.25) is 0 Å². The number of hydrogen-bond acceptors (Lipinski definition) is 2. The van der Waals surface area contributed by atoms with E-state index in [2.05, 4.69) is 17.0 Å². The van der Waals surface area contributed by atoms with E-state index in [0.29, 0.717) is 11.7 Å². The van der Waals surface area contributed by atoms with Crippen LogP contribution in [0.25, 0.3) is 0 Å². The number of hydrogen-bond donors (Lipinski definition) is 1. The van der Waals surface area contributed by atoms with Gasteiger partial charge in [-0.15, -0.1) is 0 Å². The molecule has 1 aromatic carbocycles. The fourth-order valence-corrected chi connectivity index (χ4v) is 2.65. The molecule has 0 spiro atoms. The van der Waals surface area contributed by atoms with Crippen LogP contribution in [0.3, 0.4) is 0 Å². The second kappa shape index (κ2) is 7.24. The van der Waals surface area contributed by atoms with Gasteiger partial charge in [-0.2, -0.15) is 8.78 Å². The SMILES string of the molecule is CCC[C@@H]1CCCN1C(=O)Nc1ccc(OC(F)F)cc1. The van der Waals surface area contributed by atoms with Gasteiger partial charge in [0.2, 0.25) is 0 Å². The summed E-state index contributed by atoms with van der Waals surface area (Å²) >= 11 is 0. The number of likely N-dealkylation sites (tertiary alicyclic amines) is 1. The maximum Gasteiger partial charge on any atom is 0.387 e. The molecular weight excluding hydrogens is 278 g/mol. The van der Waals surface area contributed by atoms with Gasteiger partial charge in [0.05, 0.1) is 0 Å². The highest BCUT2D eigenvalue weighted by atomic mass is 19.3. The van der Waals surface area contributed by atoms with E-state index in [1.54, 1.807) is 12.1 Å². The minimum Gasteiger partial charge on any atom is -0.435 e. The standard InChI is InChI=1S/C15H20F2N2O2/c1-2-4-12-5-3-10-19(12)15(20)18-11-6-8-13(9-7-11)21-14(16)17/h6-9,12,14H,2-5,10H2,1H3,(H,18,20)/t12-/m1/s1. The molecule has 1 fully saturated rings. The van der Waals surface area contributed by atoms with Crippen molar-refractivity contribution in [1.82, 2.24) is 4.90 Å². The molecule has 116 valence electrons. The van der Waals surface area contributed by atoms with Gasteiger partial charge in [0.15, 0.2) is 0 Å². The van der Waals surface area contributed by atoms with Crippen LogP contribution in [0.15, 0.2) is 24.3 Å². The Morgan fingerprint density at radius 3 is 2.76 bits per heavy atom. The number of halogens is 2. The second-order valence-corrected chi connectivity index (χ2v) is 5.11. The lowest BCUT2D eigenvalue weighted by molar-refractivity contribution is -0.0498. The van der Waals surface area contributed by atoms with E-state index in [-0.39, 0.29) is 11.8 Å². The summed E-state index contributed by atoms with van der Waals surface area (Å²) in [6.07, 6.45) is 4.13. The molecule has 1 aliphatic rings. The van der Waals surface area contributed by atoms with Gasteiger partial charge in [0, 0.05) is 18.3 Å². The predicted molar refractivity (Wildman–Crippen MR) is 76.7 cm³/mol. The van der Waals surface area contributed by atoms with Crippen molar-refractivity contribution in [2.45, 2.75) is 45.3 Å². The minimum absolute atomic E-state index is 0.0769. The third-order valence-corrected chi connectivity index (χ3v) is 3.59. The zero-order chi connectivity index (χ0) is 15.2. The van der Waals surface area contributed by atoms with Crippen LogP contribution in [0.2, 0.25) is 0 Å². The number of amides is 2. The number of ether oxygens (including phenoxy) is 1. The van der Waals surface area contributed by atoms with E-state index in [9.17, 15) is 13.6 Å². The molecule has 1 atom stereocenters. The Morgan fingerprint density at radius 1 is 1.43 bits per heavy atom. The van der Waals surface area contributed by atoms with Crippen LogP contribution < -0.4 is 10.1 Å². The lowest BCUT2D eigenvalue weighted by Gasteiger charge is -2.24. The van der Waals surface area contributed by atoms with Crippen molar-refractivity contribution in [3.8, 4) is 5.75 Å². The lowest BCUT2D eigenvalue weighted by Crippen LogP contribution is -2.38. The van der Waals surface area contributed by atoms with Crippen molar-refractivity contribution in [2.75, 3.05) is 11.9 Å². The van der Waals surface area contributed by atoms with Crippen molar-refractivity contribution in [1.29, 1.82) is 0 Å². The van der Waals surface area contributed by atoms with Gasteiger partial charge in [0.1, 0.15) is 5.75 Å². The first-order valence-electron chi connectivity index (χ1n) is 7.22. The third-order valence-electron chi connectivity index (χ3n) is 3.59. The number of benzene rings is 1. The van der Waals surface area contributed by atoms with Crippen LogP contribution in [0.5, 0.6) is 5.75 Å². The highest BCUT2D eigenvalue weighted by Gasteiger charge is 2.27. The molecule has 1 heterocycles. The van der Waals surface area contributed by atoms with Crippen LogP contribution in [-0.2, 0) is 0 Å². The molecule has 6 heteroatoms. The summed E-state index contributed by atoms with van der Waals surface area (Å²) in [4.78, 5) is 14.1. The average Bonchev–Trinajstić information content (AvgIpc) is 2.89. The number of rotatable bonds is 5. The van der Waals surface area contributed by atoms with E-state index < -0.39 is 6.61 Å². The first-order valence-corrected chi connectivity index (χ1v) is 7.22. The summed E-state index contributed by atoms with van der Waals surface area (Å²) in [7, 11) is 0. The Morgan fingerprint density at radius 2 is 2.14 bits per heavy atom. The maximum absolute atomic E-state index is 12.2. The highest BCUT2D eigenvalue weighted by molar-refractivity contribution is 5.89. The van der Waals surface area contributed by atoms with E-state index in [1.807, 2.05) is 4.90 Å². The van der Waals surface area contributed by atoms with E-state index in [4.69, 9.17) is 0 Å². The molecule has 0 saturated carbocycles. The number of anilines is 1. The number of nitrogens with zero attached hydrogens (tertiary/aromatic N) is 1. The first kappa shape index (κ1) is 15.5. The zero-order valence-electron chi connectivity index (χ0n) is 12.0. The summed E-state index contributed by atoms with van der Waals surface area (Å²) in [5, 5.41) is 2.80. The molecule has 0 aromatic heterocycles. The summed E-state index contributed by atoms with van der Waals surface area (Å²) in [6.45, 7) is 0.0315. The molecule has 1 saturated heterocycles. The normalized spacial score (nSPS) is 18.1. The molecule has 2 rings (SSSR count). The van der Waals surface area contributed by atoms with E-state index in [1.165, 1.54) is 12.1 Å². The molecule has 2 amide bonds. The average molecular weight is 298 g/mol. The smallest absolute Gasteiger partial charge is 0.387 e. The maximum atomic E-state index is 12.2. The largest absolute Gasteiger partial charge is 0.435 e. The monoisotopic (exact) mass is 298 g/mol. The van der Waals surface area contributed by atoms with Crippen molar-refractivity contribution in [2.24, 2.45) is 0 Å². The molecule has 0 bridgehead atoms. The predicted octanol–water partition coefficient (Wildman–Crippen LogP) is 4.08. The van der Waals surface area contributed by atoms with Crippen LogP contribution in [-0.4, -0.2) is 30.1 Å². The fourth-order valence-electron chi connectivity index (χ4n) is 2.65. The molecule has 1 aliphatic heterocycles. The number of nitrogens with one attached hydrogen (secondary N) is 1. The molecule has 1 N–H and O–H groups in total. The van der Waals surface area contributed by atoms with Gasteiger partial charge >= 0.3 is 12.6 Å². The Hall–Kier alpha value is -1.85. The van der Waals surface area contributed by atoms with Gasteiger partial charge in [-0.25, -0.2) is 4.79 Å². The Bertz CT molecular complexity index is 465. The lowest BCUT2D eigenvalue weighted by atomic mass is 10.1. The second-order valence-electron chi connectivity index (χ2n) is 5.11. The van der Waals surface area contributed by atoms with Gasteiger partial charge in [0.25, 0.3) is 0 Å². The van der Waals surface area contributed by atoms with Gasteiger partial charge in [-0.05, 0) is 43.5 Å². The molecule has 1 aromatic rings. The molecule has 4 nitrogen and oxygen atoms in total. The van der Waals surface area contributed by atoms with Crippen LogP contribution >= 0.6 is 0 Å². The van der Waals surface area contributed by atoms with Crippen LogP contribution in [0, 0.1) is 0 Å². The highest BCUT2D eigenvalue weighted by Crippen LogP contribution is 2.23. The Balaban J connectivity index is 1.93. The quantitative estimate of drug-likeness (QED) is 0.889. The van der Waals surface area contributed by atoms with Gasteiger partial charge in [-0.1, -0.05) is 13.3 Å². The number of alkyl halides is 2.